The van der Waals surface area contributed by atoms with E-state index < -0.39 is 0 Å². The smallest absolute Gasteiger partial charge is 0.305 e. The highest BCUT2D eigenvalue weighted by Gasteiger charge is 2.69. The molecule has 3 aromatic rings. The summed E-state index contributed by atoms with van der Waals surface area (Å²) >= 11 is 8.97. The summed E-state index contributed by atoms with van der Waals surface area (Å²) < 4.78 is 11.0. The lowest BCUT2D eigenvalue weighted by atomic mass is 9.68. The van der Waals surface area contributed by atoms with Crippen LogP contribution in [0, 0.1) is 29.6 Å². The minimum Gasteiger partial charge on any atom is -0.493 e. The van der Waals surface area contributed by atoms with Crippen molar-refractivity contribution in [3.05, 3.63) is 67.6 Å². The van der Waals surface area contributed by atoms with Gasteiger partial charge < -0.3 is 14.5 Å². The summed E-state index contributed by atoms with van der Waals surface area (Å²) in [6.07, 6.45) is 0.840. The average Bonchev–Trinajstić information content (AvgIpc) is 3.63. The lowest BCUT2D eigenvalue weighted by molar-refractivity contribution is -0.123. The number of halogens is 1. The fourth-order valence-corrected chi connectivity index (χ4v) is 10.3. The van der Waals surface area contributed by atoms with E-state index in [0.29, 0.717) is 22.2 Å². The first-order valence-corrected chi connectivity index (χ1v) is 14.2. The third-order valence-electron chi connectivity index (χ3n) is 8.58. The molecule has 2 saturated carbocycles. The number of methoxy groups -OCH3 is 2. The molecule has 3 heterocycles. The predicted octanol–water partition coefficient (Wildman–Crippen LogP) is 4.78. The highest BCUT2D eigenvalue weighted by Crippen LogP contribution is 2.68. The number of thioether (sulfide) groups is 1. The molecule has 7 nitrogen and oxygen atoms in total. The topological polar surface area (TPSA) is 88.7 Å². The summed E-state index contributed by atoms with van der Waals surface area (Å²) in [5, 5.41) is 1.57. The van der Waals surface area contributed by atoms with Crippen molar-refractivity contribution in [2.75, 3.05) is 19.1 Å². The van der Waals surface area contributed by atoms with Crippen molar-refractivity contribution in [3.8, 4) is 11.5 Å². The molecule has 190 valence electrons. The zero-order chi connectivity index (χ0) is 25.6. The number of aromatic amines is 1. The summed E-state index contributed by atoms with van der Waals surface area (Å²) in [7, 11) is 3.21. The van der Waals surface area contributed by atoms with Gasteiger partial charge in [-0.05, 0) is 66.1 Å². The molecular weight excluding hydrogens is 532 g/mol. The van der Waals surface area contributed by atoms with Gasteiger partial charge in [-0.3, -0.25) is 19.3 Å². The third kappa shape index (κ3) is 3.23. The molecule has 7 atom stereocenters. The molecule has 0 radical (unpaired) electrons. The Morgan fingerprint density at radius 3 is 2.35 bits per heavy atom. The first-order chi connectivity index (χ1) is 17.9. The molecule has 2 aliphatic carbocycles. The second-order valence-corrected chi connectivity index (χ2v) is 12.7. The summed E-state index contributed by atoms with van der Waals surface area (Å²) in [5.74, 6) is 0.504. The van der Waals surface area contributed by atoms with Gasteiger partial charge in [0.2, 0.25) is 11.8 Å². The molecule has 1 saturated heterocycles. The maximum absolute atomic E-state index is 13.8. The molecule has 2 aliphatic heterocycles. The zero-order valence-corrected chi connectivity index (χ0v) is 22.4. The highest BCUT2D eigenvalue weighted by atomic mass is 35.5. The molecule has 3 fully saturated rings. The number of nitrogens with zero attached hydrogens (tertiary/aromatic N) is 1. The molecule has 1 aromatic heterocycles. The number of rotatable bonds is 4. The van der Waals surface area contributed by atoms with E-state index in [2.05, 4.69) is 4.98 Å². The molecule has 2 bridgehead atoms. The largest absolute Gasteiger partial charge is 0.493 e. The summed E-state index contributed by atoms with van der Waals surface area (Å²) in [5.41, 5.74) is 1.60. The number of H-pyrrole nitrogens is 1. The van der Waals surface area contributed by atoms with Crippen LogP contribution in [-0.2, 0) is 9.59 Å². The maximum atomic E-state index is 13.8. The number of benzene rings is 2. The van der Waals surface area contributed by atoms with Crippen LogP contribution in [-0.4, -0.2) is 36.3 Å². The number of hydrogen-bond donors (Lipinski definition) is 1. The minimum atomic E-state index is -0.352. The van der Waals surface area contributed by atoms with Crippen molar-refractivity contribution in [1.82, 2.24) is 4.98 Å². The highest BCUT2D eigenvalue weighted by molar-refractivity contribution is 8.00. The van der Waals surface area contributed by atoms with E-state index in [0.717, 1.165) is 21.9 Å². The number of carbonyl (C=O) groups is 2. The zero-order valence-electron chi connectivity index (χ0n) is 20.0. The molecule has 37 heavy (non-hydrogen) atoms. The van der Waals surface area contributed by atoms with Crippen LogP contribution in [0.2, 0.25) is 5.02 Å². The molecule has 1 N–H and O–H groups in total. The number of anilines is 1. The van der Waals surface area contributed by atoms with Gasteiger partial charge in [-0.25, -0.2) is 0 Å². The van der Waals surface area contributed by atoms with Crippen LogP contribution in [0.3, 0.4) is 0 Å². The normalized spacial score (nSPS) is 31.3. The molecule has 7 rings (SSSR count). The van der Waals surface area contributed by atoms with E-state index >= 15 is 0 Å². The van der Waals surface area contributed by atoms with Gasteiger partial charge in [-0.1, -0.05) is 29.0 Å². The molecule has 2 amide bonds. The number of nitrogens with one attached hydrogen (secondary N) is 1. The fraction of sp³-hybridized carbons (Fsp3) is 0.370. The predicted molar refractivity (Wildman–Crippen MR) is 142 cm³/mol. The van der Waals surface area contributed by atoms with E-state index in [1.54, 1.807) is 50.2 Å². The van der Waals surface area contributed by atoms with Gasteiger partial charge in [0.1, 0.15) is 0 Å². The second kappa shape index (κ2) is 8.38. The number of amides is 2. The number of thiazole rings is 1. The monoisotopic (exact) mass is 554 g/mol. The molecule has 0 spiro atoms. The van der Waals surface area contributed by atoms with Crippen LogP contribution in [0.4, 0.5) is 5.69 Å². The SMILES string of the molecule is COc1ccc([C@H]2c3sc(=O)[nH]c3S[C@@H]3[C@@H]4C[C@H]([C@H]5C(=O)N(c6ccc(Cl)cc6)C(=O)[C@H]45)[C@H]23)cc1OC. The van der Waals surface area contributed by atoms with E-state index in [1.165, 1.54) is 16.2 Å². The van der Waals surface area contributed by atoms with E-state index in [1.807, 2.05) is 18.2 Å². The molecular formula is C27H23ClN2O5S2. The van der Waals surface area contributed by atoms with Gasteiger partial charge in [0.15, 0.2) is 11.5 Å². The average molecular weight is 555 g/mol. The first kappa shape index (κ1) is 23.4. The van der Waals surface area contributed by atoms with Crippen molar-refractivity contribution < 1.29 is 19.1 Å². The van der Waals surface area contributed by atoms with Gasteiger partial charge >= 0.3 is 4.87 Å². The Morgan fingerprint density at radius 2 is 1.65 bits per heavy atom. The van der Waals surface area contributed by atoms with Crippen LogP contribution >= 0.6 is 34.7 Å². The van der Waals surface area contributed by atoms with Gasteiger partial charge in [0.05, 0.1) is 36.8 Å². The lowest BCUT2D eigenvalue weighted by Gasteiger charge is -2.43. The number of imide groups is 1. The van der Waals surface area contributed by atoms with Gasteiger partial charge in [-0.15, -0.1) is 11.8 Å². The van der Waals surface area contributed by atoms with Gasteiger partial charge in [0, 0.05) is 21.1 Å². The Balaban J connectivity index is 1.32. The molecule has 0 unspecified atom stereocenters. The van der Waals surface area contributed by atoms with Crippen LogP contribution < -0.4 is 19.2 Å². The van der Waals surface area contributed by atoms with Crippen molar-refractivity contribution in [2.45, 2.75) is 22.6 Å². The van der Waals surface area contributed by atoms with Gasteiger partial charge in [-0.2, -0.15) is 0 Å². The summed E-state index contributed by atoms with van der Waals surface area (Å²) in [4.78, 5) is 45.3. The number of fused-ring (bicyclic) bond motifs is 9. The summed E-state index contributed by atoms with van der Waals surface area (Å²) in [6, 6.07) is 12.8. The first-order valence-electron chi connectivity index (χ1n) is 12.2. The van der Waals surface area contributed by atoms with Crippen LogP contribution in [0.25, 0.3) is 0 Å². The van der Waals surface area contributed by atoms with E-state index in [9.17, 15) is 14.4 Å². The molecule has 4 aliphatic rings. The third-order valence-corrected chi connectivity index (χ3v) is 11.4. The Kier molecular flexibility index (Phi) is 5.29. The lowest BCUT2D eigenvalue weighted by Crippen LogP contribution is -2.42. The number of carbonyl (C=O) groups excluding carboxylic acids is 2. The van der Waals surface area contributed by atoms with E-state index in [-0.39, 0.29) is 57.4 Å². The fourth-order valence-electron chi connectivity index (χ4n) is 7.28. The van der Waals surface area contributed by atoms with Crippen molar-refractivity contribution in [3.63, 3.8) is 0 Å². The number of hydrogen-bond acceptors (Lipinski definition) is 7. The number of ether oxygens (including phenoxy) is 2. The number of aromatic nitrogens is 1. The van der Waals surface area contributed by atoms with Crippen molar-refractivity contribution >= 4 is 52.2 Å². The second-order valence-electron chi connectivity index (χ2n) is 10.1. The quantitative estimate of drug-likeness (QED) is 0.467. The van der Waals surface area contributed by atoms with Crippen LogP contribution in [0.5, 0.6) is 11.5 Å². The van der Waals surface area contributed by atoms with Crippen molar-refractivity contribution in [2.24, 2.45) is 29.6 Å². The Hall–Kier alpha value is -2.75. The minimum absolute atomic E-state index is 0.0460. The molecule has 2 aromatic carbocycles. The standard InChI is InChI=1S/C27H23ClN2O5S2/c1-34-16-8-3-11(9-17(16)35-2)18-19-14-10-15(22(19)36-24-23(18)37-27(33)29-24)21-20(14)25(31)30(26(21)32)13-6-4-12(28)5-7-13/h3-9,14-15,18-22H,10H2,1-2H3,(H,29,33)/t14-,15+,18+,19+,20+,21+,22+/m0/s1. The molecule has 10 heteroatoms. The Morgan fingerprint density at radius 1 is 0.946 bits per heavy atom. The maximum Gasteiger partial charge on any atom is 0.305 e. The van der Waals surface area contributed by atoms with Crippen LogP contribution in [0.15, 0.2) is 52.3 Å². The van der Waals surface area contributed by atoms with Crippen molar-refractivity contribution in [1.29, 1.82) is 0 Å². The summed E-state index contributed by atoms with van der Waals surface area (Å²) in [6.45, 7) is 0. The Bertz CT molecular complexity index is 1500. The Labute approximate surface area is 226 Å². The van der Waals surface area contributed by atoms with E-state index in [4.69, 9.17) is 21.1 Å². The van der Waals surface area contributed by atoms with Crippen LogP contribution in [0.1, 0.15) is 22.8 Å². The van der Waals surface area contributed by atoms with Gasteiger partial charge in [0.25, 0.3) is 0 Å².